The minimum Gasteiger partial charge on any atom is -0.340 e. The van der Waals surface area contributed by atoms with E-state index in [0.29, 0.717) is 30.7 Å². The smallest absolute Gasteiger partial charge is 0.264 e. The average Bonchev–Trinajstić information content (AvgIpc) is 3.29. The Hall–Kier alpha value is -3.00. The summed E-state index contributed by atoms with van der Waals surface area (Å²) in [6.07, 6.45) is 2.90. The number of likely N-dealkylation sites (tertiary alicyclic amines) is 1. The second-order valence-electron chi connectivity index (χ2n) is 6.99. The standard InChI is InChI=1S/C19H22N6O2/c1-23-18-15(8-22-23)19(27)25(12-21-18)11-17(26)24-9-14(7-20)16(10-24)13-5-3-2-4-6-13/h2-6,8,12,14,16H,7,9-11,20H2,1H3/t14-,16+/m1/s1. The second-order valence-corrected chi connectivity index (χ2v) is 6.99. The summed E-state index contributed by atoms with van der Waals surface area (Å²) in [6.45, 7) is 1.70. The maximum absolute atomic E-state index is 12.8. The molecule has 140 valence electrons. The average molecular weight is 366 g/mol. The summed E-state index contributed by atoms with van der Waals surface area (Å²) < 4.78 is 2.89. The highest BCUT2D eigenvalue weighted by molar-refractivity contribution is 5.77. The highest BCUT2D eigenvalue weighted by Gasteiger charge is 2.35. The molecule has 2 atom stereocenters. The van der Waals surface area contributed by atoms with Crippen molar-refractivity contribution in [1.82, 2.24) is 24.2 Å². The van der Waals surface area contributed by atoms with Crippen LogP contribution in [0.4, 0.5) is 0 Å². The van der Waals surface area contributed by atoms with Crippen LogP contribution in [0.15, 0.2) is 47.7 Å². The fourth-order valence-electron chi connectivity index (χ4n) is 3.82. The molecular weight excluding hydrogens is 344 g/mol. The van der Waals surface area contributed by atoms with Gasteiger partial charge in [-0.2, -0.15) is 5.10 Å². The van der Waals surface area contributed by atoms with Gasteiger partial charge in [0.1, 0.15) is 18.3 Å². The first-order valence-electron chi connectivity index (χ1n) is 8.98. The van der Waals surface area contributed by atoms with Crippen molar-refractivity contribution in [1.29, 1.82) is 0 Å². The molecule has 0 aliphatic carbocycles. The largest absolute Gasteiger partial charge is 0.340 e. The number of amides is 1. The predicted octanol–water partition coefficient (Wildman–Crippen LogP) is 0.331. The third kappa shape index (κ3) is 3.12. The zero-order valence-corrected chi connectivity index (χ0v) is 15.2. The zero-order valence-electron chi connectivity index (χ0n) is 15.2. The fourth-order valence-corrected chi connectivity index (χ4v) is 3.82. The van der Waals surface area contributed by atoms with Crippen LogP contribution in [0.1, 0.15) is 11.5 Å². The fraction of sp³-hybridized carbons (Fsp3) is 0.368. The molecule has 8 heteroatoms. The number of nitrogens with zero attached hydrogens (tertiary/aromatic N) is 5. The van der Waals surface area contributed by atoms with Gasteiger partial charge in [-0.25, -0.2) is 4.98 Å². The van der Waals surface area contributed by atoms with E-state index in [1.54, 1.807) is 16.6 Å². The lowest BCUT2D eigenvalue weighted by molar-refractivity contribution is -0.131. The maximum Gasteiger partial charge on any atom is 0.264 e. The van der Waals surface area contributed by atoms with Crippen LogP contribution >= 0.6 is 0 Å². The molecule has 4 rings (SSSR count). The lowest BCUT2D eigenvalue weighted by atomic mass is 9.89. The number of carbonyl (C=O) groups excluding carboxylic acids is 1. The van der Waals surface area contributed by atoms with Gasteiger partial charge in [0.15, 0.2) is 5.65 Å². The van der Waals surface area contributed by atoms with Crippen LogP contribution in [0, 0.1) is 5.92 Å². The Kier molecular flexibility index (Phi) is 4.49. The molecule has 0 bridgehead atoms. The number of carbonyl (C=O) groups is 1. The first kappa shape index (κ1) is 17.4. The quantitative estimate of drug-likeness (QED) is 0.717. The third-order valence-corrected chi connectivity index (χ3v) is 5.35. The van der Waals surface area contributed by atoms with E-state index < -0.39 is 0 Å². The Bertz CT molecular complexity index is 1030. The number of benzene rings is 1. The summed E-state index contributed by atoms with van der Waals surface area (Å²) in [6, 6.07) is 10.1. The number of aryl methyl sites for hydroxylation is 1. The van der Waals surface area contributed by atoms with Crippen LogP contribution in [-0.2, 0) is 18.4 Å². The summed E-state index contributed by atoms with van der Waals surface area (Å²) in [5, 5.41) is 4.46. The summed E-state index contributed by atoms with van der Waals surface area (Å²) in [4.78, 5) is 31.4. The molecule has 8 nitrogen and oxygen atoms in total. The molecule has 2 N–H and O–H groups in total. The molecule has 0 unspecified atom stereocenters. The van der Waals surface area contributed by atoms with Crippen molar-refractivity contribution in [3.05, 3.63) is 58.8 Å². The molecule has 27 heavy (non-hydrogen) atoms. The molecule has 0 radical (unpaired) electrons. The van der Waals surface area contributed by atoms with E-state index in [4.69, 9.17) is 5.73 Å². The van der Waals surface area contributed by atoms with Gasteiger partial charge in [-0.3, -0.25) is 18.8 Å². The normalized spacial score (nSPS) is 19.7. The molecule has 1 aromatic carbocycles. The van der Waals surface area contributed by atoms with Crippen molar-refractivity contribution in [3.8, 4) is 0 Å². The van der Waals surface area contributed by atoms with Gasteiger partial charge in [-0.1, -0.05) is 30.3 Å². The Labute approximate surface area is 156 Å². The van der Waals surface area contributed by atoms with Crippen molar-refractivity contribution in [2.75, 3.05) is 19.6 Å². The van der Waals surface area contributed by atoms with Crippen molar-refractivity contribution < 1.29 is 4.79 Å². The van der Waals surface area contributed by atoms with Gasteiger partial charge >= 0.3 is 0 Å². The highest BCUT2D eigenvalue weighted by atomic mass is 16.2. The van der Waals surface area contributed by atoms with E-state index in [2.05, 4.69) is 22.2 Å². The van der Waals surface area contributed by atoms with Crippen molar-refractivity contribution in [2.45, 2.75) is 12.5 Å². The van der Waals surface area contributed by atoms with Gasteiger partial charge in [0.2, 0.25) is 5.91 Å². The van der Waals surface area contributed by atoms with E-state index in [9.17, 15) is 9.59 Å². The molecule has 1 aliphatic heterocycles. The van der Waals surface area contributed by atoms with E-state index in [-0.39, 0.29) is 29.8 Å². The molecule has 1 saturated heterocycles. The zero-order chi connectivity index (χ0) is 19.0. The monoisotopic (exact) mass is 366 g/mol. The Morgan fingerprint density at radius 3 is 2.78 bits per heavy atom. The molecule has 2 aromatic heterocycles. The molecule has 3 aromatic rings. The first-order valence-corrected chi connectivity index (χ1v) is 8.98. The van der Waals surface area contributed by atoms with E-state index in [1.807, 2.05) is 18.2 Å². The molecule has 0 saturated carbocycles. The van der Waals surface area contributed by atoms with Crippen LogP contribution in [0.25, 0.3) is 11.0 Å². The summed E-state index contributed by atoms with van der Waals surface area (Å²) >= 11 is 0. The van der Waals surface area contributed by atoms with Gasteiger partial charge in [0.05, 0.1) is 6.20 Å². The van der Waals surface area contributed by atoms with Crippen LogP contribution in [-0.4, -0.2) is 49.8 Å². The third-order valence-electron chi connectivity index (χ3n) is 5.35. The number of hydrogen-bond acceptors (Lipinski definition) is 5. The Balaban J connectivity index is 1.54. The number of aromatic nitrogens is 4. The second kappa shape index (κ2) is 6.96. The maximum atomic E-state index is 12.8. The molecule has 1 aliphatic rings. The van der Waals surface area contributed by atoms with Crippen LogP contribution in [0.5, 0.6) is 0 Å². The predicted molar refractivity (Wildman–Crippen MR) is 101 cm³/mol. The Morgan fingerprint density at radius 2 is 2.04 bits per heavy atom. The lowest BCUT2D eigenvalue weighted by Crippen LogP contribution is -2.35. The molecule has 3 heterocycles. The lowest BCUT2D eigenvalue weighted by Gasteiger charge is -2.17. The van der Waals surface area contributed by atoms with Crippen molar-refractivity contribution in [3.63, 3.8) is 0 Å². The van der Waals surface area contributed by atoms with Crippen molar-refractivity contribution >= 4 is 16.9 Å². The number of hydrogen-bond donors (Lipinski definition) is 1. The molecule has 0 spiro atoms. The van der Waals surface area contributed by atoms with E-state index >= 15 is 0 Å². The van der Waals surface area contributed by atoms with Gasteiger partial charge < -0.3 is 10.6 Å². The number of rotatable bonds is 4. The minimum absolute atomic E-state index is 0.0323. The minimum atomic E-state index is -0.254. The van der Waals surface area contributed by atoms with Gasteiger partial charge in [-0.05, 0) is 18.0 Å². The molecular formula is C19H22N6O2. The number of nitrogens with two attached hydrogens (primary N) is 1. The number of fused-ring (bicyclic) bond motifs is 1. The van der Waals surface area contributed by atoms with E-state index in [1.165, 1.54) is 22.7 Å². The summed E-state index contributed by atoms with van der Waals surface area (Å²) in [5.74, 6) is 0.335. The highest BCUT2D eigenvalue weighted by Crippen LogP contribution is 2.32. The van der Waals surface area contributed by atoms with Gasteiger partial charge in [-0.15, -0.1) is 0 Å². The summed E-state index contributed by atoms with van der Waals surface area (Å²) in [5.41, 5.74) is 7.40. The van der Waals surface area contributed by atoms with Gasteiger partial charge in [0.25, 0.3) is 5.56 Å². The molecule has 1 amide bonds. The van der Waals surface area contributed by atoms with Crippen LogP contribution in [0.3, 0.4) is 0 Å². The summed E-state index contributed by atoms with van der Waals surface area (Å²) in [7, 11) is 1.73. The Morgan fingerprint density at radius 1 is 1.26 bits per heavy atom. The first-order chi connectivity index (χ1) is 13.1. The van der Waals surface area contributed by atoms with Gasteiger partial charge in [0, 0.05) is 26.1 Å². The van der Waals surface area contributed by atoms with Crippen LogP contribution < -0.4 is 11.3 Å². The topological polar surface area (TPSA) is 99.0 Å². The molecule has 1 fully saturated rings. The van der Waals surface area contributed by atoms with E-state index in [0.717, 1.165) is 0 Å². The SMILES string of the molecule is Cn1ncc2c(=O)n(CC(=O)N3C[C@@H](CN)[C@H](c4ccccc4)C3)cnc21. The van der Waals surface area contributed by atoms with Crippen molar-refractivity contribution in [2.24, 2.45) is 18.7 Å². The van der Waals surface area contributed by atoms with Crippen LogP contribution in [0.2, 0.25) is 0 Å².